The summed E-state index contributed by atoms with van der Waals surface area (Å²) in [4.78, 5) is 15.4. The molecular formula is C14H16BrN3O2. The Morgan fingerprint density at radius 1 is 1.45 bits per heavy atom. The predicted octanol–water partition coefficient (Wildman–Crippen LogP) is 3.13. The maximum absolute atomic E-state index is 11.4. The minimum atomic E-state index is -0.0692. The standard InChI is InChI=1S/C14H16BrN3O2/c1-9(19)13-8-10(2-5-17-13)18-12-4-7-20-6-3-11(12)14(15)16/h2,5,8,16H,3-4,6-7H2,1H3,(H,17,18). The van der Waals surface area contributed by atoms with E-state index in [0.717, 1.165) is 17.0 Å². The van der Waals surface area contributed by atoms with Gasteiger partial charge in [-0.15, -0.1) is 0 Å². The fourth-order valence-electron chi connectivity index (χ4n) is 2.01. The van der Waals surface area contributed by atoms with Crippen LogP contribution in [0.4, 0.5) is 5.69 Å². The van der Waals surface area contributed by atoms with Crippen LogP contribution in [0.1, 0.15) is 30.3 Å². The molecule has 0 bridgehead atoms. The van der Waals surface area contributed by atoms with Crippen molar-refractivity contribution in [3.63, 3.8) is 0 Å². The van der Waals surface area contributed by atoms with Gasteiger partial charge in [0.2, 0.25) is 0 Å². The van der Waals surface area contributed by atoms with Crippen LogP contribution in [0.3, 0.4) is 0 Å². The van der Waals surface area contributed by atoms with Gasteiger partial charge in [0, 0.05) is 42.9 Å². The summed E-state index contributed by atoms with van der Waals surface area (Å²) in [5.74, 6) is -0.0692. The highest BCUT2D eigenvalue weighted by molar-refractivity contribution is 9.18. The number of hydrogen-bond donors (Lipinski definition) is 2. The monoisotopic (exact) mass is 337 g/mol. The average Bonchev–Trinajstić information content (AvgIpc) is 2.64. The van der Waals surface area contributed by atoms with Crippen LogP contribution in [-0.4, -0.2) is 28.6 Å². The van der Waals surface area contributed by atoms with E-state index in [2.05, 4.69) is 26.2 Å². The number of nitrogens with zero attached hydrogens (tertiary/aromatic N) is 1. The molecule has 5 nitrogen and oxygen atoms in total. The van der Waals surface area contributed by atoms with Crippen molar-refractivity contribution in [2.75, 3.05) is 18.5 Å². The minimum Gasteiger partial charge on any atom is -0.381 e. The maximum atomic E-state index is 11.4. The van der Waals surface area contributed by atoms with Gasteiger partial charge in [0.15, 0.2) is 5.78 Å². The predicted molar refractivity (Wildman–Crippen MR) is 81.6 cm³/mol. The molecule has 20 heavy (non-hydrogen) atoms. The topological polar surface area (TPSA) is 75.1 Å². The molecule has 0 aromatic carbocycles. The fraction of sp³-hybridized carbons (Fsp3) is 0.357. The first-order valence-electron chi connectivity index (χ1n) is 6.36. The van der Waals surface area contributed by atoms with E-state index in [0.29, 0.717) is 36.4 Å². The van der Waals surface area contributed by atoms with Gasteiger partial charge in [-0.05, 0) is 28.1 Å². The van der Waals surface area contributed by atoms with Gasteiger partial charge in [0.25, 0.3) is 0 Å². The molecule has 2 N–H and O–H groups in total. The van der Waals surface area contributed by atoms with E-state index < -0.39 is 0 Å². The number of rotatable bonds is 4. The lowest BCUT2D eigenvalue weighted by atomic mass is 10.1. The molecular weight excluding hydrogens is 322 g/mol. The van der Waals surface area contributed by atoms with Gasteiger partial charge < -0.3 is 10.1 Å². The Kier molecular flexibility index (Phi) is 5.03. The van der Waals surface area contributed by atoms with Crippen molar-refractivity contribution in [1.82, 2.24) is 4.98 Å². The van der Waals surface area contributed by atoms with Crippen molar-refractivity contribution in [2.24, 2.45) is 0 Å². The molecule has 0 amide bonds. The second-order valence-electron chi connectivity index (χ2n) is 4.49. The largest absolute Gasteiger partial charge is 0.381 e. The van der Waals surface area contributed by atoms with E-state index in [-0.39, 0.29) is 5.78 Å². The Labute approximate surface area is 126 Å². The Morgan fingerprint density at radius 2 is 2.20 bits per heavy atom. The summed E-state index contributed by atoms with van der Waals surface area (Å²) in [6, 6.07) is 3.53. The molecule has 0 saturated heterocycles. The molecule has 2 rings (SSSR count). The number of aromatic nitrogens is 1. The number of ether oxygens (including phenoxy) is 1. The van der Waals surface area contributed by atoms with E-state index in [4.69, 9.17) is 10.1 Å². The Balaban J connectivity index is 2.28. The highest BCUT2D eigenvalue weighted by Crippen LogP contribution is 2.22. The van der Waals surface area contributed by atoms with Crippen LogP contribution in [0, 0.1) is 5.41 Å². The molecule has 0 atom stereocenters. The molecule has 0 spiro atoms. The summed E-state index contributed by atoms with van der Waals surface area (Å²) in [7, 11) is 0. The lowest BCUT2D eigenvalue weighted by Crippen LogP contribution is -2.08. The summed E-state index contributed by atoms with van der Waals surface area (Å²) in [5.41, 5.74) is 3.08. The second kappa shape index (κ2) is 6.76. The summed E-state index contributed by atoms with van der Waals surface area (Å²) in [5, 5.41) is 11.1. The van der Waals surface area contributed by atoms with Gasteiger partial charge in [0.05, 0.1) is 13.2 Å². The summed E-state index contributed by atoms with van der Waals surface area (Å²) >= 11 is 3.23. The van der Waals surface area contributed by atoms with E-state index >= 15 is 0 Å². The van der Waals surface area contributed by atoms with Gasteiger partial charge in [-0.1, -0.05) is 0 Å². The van der Waals surface area contributed by atoms with E-state index in [9.17, 15) is 4.79 Å². The molecule has 1 aliphatic heterocycles. The van der Waals surface area contributed by atoms with Crippen LogP contribution < -0.4 is 5.32 Å². The molecule has 1 aromatic heterocycles. The molecule has 0 unspecified atom stereocenters. The van der Waals surface area contributed by atoms with Crippen LogP contribution >= 0.6 is 15.9 Å². The van der Waals surface area contributed by atoms with Crippen LogP contribution in [0.5, 0.6) is 0 Å². The van der Waals surface area contributed by atoms with Gasteiger partial charge in [-0.2, -0.15) is 0 Å². The number of anilines is 1. The van der Waals surface area contributed by atoms with Crippen molar-refractivity contribution in [2.45, 2.75) is 19.8 Å². The smallest absolute Gasteiger partial charge is 0.178 e. The molecule has 0 aliphatic carbocycles. The van der Waals surface area contributed by atoms with Crippen LogP contribution in [0.2, 0.25) is 0 Å². The maximum Gasteiger partial charge on any atom is 0.178 e. The first-order valence-corrected chi connectivity index (χ1v) is 7.15. The number of carbonyl (C=O) groups is 1. The molecule has 1 aromatic rings. The Hall–Kier alpha value is -1.53. The Morgan fingerprint density at radius 3 is 2.90 bits per heavy atom. The van der Waals surface area contributed by atoms with Gasteiger partial charge in [-0.3, -0.25) is 15.2 Å². The number of carbonyl (C=O) groups excluding carboxylic acids is 1. The first-order chi connectivity index (χ1) is 9.58. The fourth-order valence-corrected chi connectivity index (χ4v) is 2.45. The van der Waals surface area contributed by atoms with Gasteiger partial charge >= 0.3 is 0 Å². The zero-order valence-electron chi connectivity index (χ0n) is 11.2. The summed E-state index contributed by atoms with van der Waals surface area (Å²) in [6.07, 6.45) is 3.00. The third-order valence-corrected chi connectivity index (χ3v) is 3.52. The normalized spacial score (nSPS) is 15.7. The third-order valence-electron chi connectivity index (χ3n) is 3.04. The molecule has 0 fully saturated rings. The van der Waals surface area contributed by atoms with Crippen molar-refractivity contribution < 1.29 is 9.53 Å². The SMILES string of the molecule is CC(=O)c1cc(NC2=C(C(=N)Br)CCOCC2)ccn1. The number of hydrogen-bond acceptors (Lipinski definition) is 5. The summed E-state index contributed by atoms with van der Waals surface area (Å²) in [6.45, 7) is 2.73. The first kappa shape index (κ1) is 14.9. The van der Waals surface area contributed by atoms with Crippen LogP contribution in [0.15, 0.2) is 29.6 Å². The highest BCUT2D eigenvalue weighted by Gasteiger charge is 2.15. The average molecular weight is 338 g/mol. The van der Waals surface area contributed by atoms with Crippen molar-refractivity contribution in [3.8, 4) is 0 Å². The zero-order valence-corrected chi connectivity index (χ0v) is 12.8. The van der Waals surface area contributed by atoms with Crippen LogP contribution in [0.25, 0.3) is 0 Å². The number of Topliss-reactive ketones (excluding diaryl/α,β-unsaturated/α-hetero) is 1. The lowest BCUT2D eigenvalue weighted by molar-refractivity contribution is 0.101. The summed E-state index contributed by atoms with van der Waals surface area (Å²) < 4.78 is 5.81. The molecule has 0 saturated carbocycles. The Bertz CT molecular complexity index is 569. The van der Waals surface area contributed by atoms with E-state index in [1.165, 1.54) is 6.92 Å². The molecule has 1 aliphatic rings. The van der Waals surface area contributed by atoms with Crippen molar-refractivity contribution in [3.05, 3.63) is 35.3 Å². The lowest BCUT2D eigenvalue weighted by Gasteiger charge is -2.13. The van der Waals surface area contributed by atoms with E-state index in [1.807, 2.05) is 0 Å². The number of nitrogens with one attached hydrogen (secondary N) is 2. The highest BCUT2D eigenvalue weighted by atomic mass is 79.9. The zero-order chi connectivity index (χ0) is 14.5. The third kappa shape index (κ3) is 3.74. The van der Waals surface area contributed by atoms with Crippen molar-refractivity contribution >= 4 is 32.0 Å². The number of halogens is 1. The van der Waals surface area contributed by atoms with Crippen molar-refractivity contribution in [1.29, 1.82) is 5.41 Å². The van der Waals surface area contributed by atoms with E-state index in [1.54, 1.807) is 18.3 Å². The van der Waals surface area contributed by atoms with Gasteiger partial charge in [-0.25, -0.2) is 0 Å². The number of ketones is 1. The second-order valence-corrected chi connectivity index (χ2v) is 5.29. The molecule has 6 heteroatoms. The number of pyridine rings is 1. The van der Waals surface area contributed by atoms with Crippen LogP contribution in [-0.2, 0) is 4.74 Å². The molecule has 0 radical (unpaired) electrons. The quantitative estimate of drug-likeness (QED) is 0.653. The van der Waals surface area contributed by atoms with Gasteiger partial charge in [0.1, 0.15) is 10.3 Å². The minimum absolute atomic E-state index is 0.0692. The molecule has 2 heterocycles. The molecule has 106 valence electrons.